The first-order chi connectivity index (χ1) is 15.5. The number of halogens is 1. The van der Waals surface area contributed by atoms with Gasteiger partial charge in [-0.05, 0) is 43.3 Å². The van der Waals surface area contributed by atoms with Gasteiger partial charge in [-0.1, -0.05) is 23.7 Å². The highest BCUT2D eigenvalue weighted by Gasteiger charge is 2.23. The SMILES string of the molecule is Cc1nc(COc2ccc(Cl)cc2)sc1C(=O)Nc1ccccc1C(=O)N1CCOCC1. The number of thiazole rings is 1. The third kappa shape index (κ3) is 5.27. The molecule has 1 aromatic heterocycles. The van der Waals surface area contributed by atoms with Crippen molar-refractivity contribution < 1.29 is 19.1 Å². The van der Waals surface area contributed by atoms with Crippen LogP contribution in [0.4, 0.5) is 5.69 Å². The molecule has 2 amide bonds. The van der Waals surface area contributed by atoms with Gasteiger partial charge in [-0.2, -0.15) is 0 Å². The number of nitrogens with one attached hydrogen (secondary N) is 1. The molecule has 1 aliphatic rings. The van der Waals surface area contributed by atoms with E-state index in [-0.39, 0.29) is 18.4 Å². The first kappa shape index (κ1) is 22.3. The molecule has 9 heteroatoms. The van der Waals surface area contributed by atoms with Crippen LogP contribution in [0, 0.1) is 6.92 Å². The maximum absolute atomic E-state index is 13.0. The average molecular weight is 472 g/mol. The van der Waals surface area contributed by atoms with Crippen molar-refractivity contribution in [2.75, 3.05) is 31.6 Å². The molecule has 3 aromatic rings. The van der Waals surface area contributed by atoms with Crippen LogP contribution < -0.4 is 10.1 Å². The summed E-state index contributed by atoms with van der Waals surface area (Å²) < 4.78 is 11.1. The van der Waals surface area contributed by atoms with Crippen LogP contribution >= 0.6 is 22.9 Å². The normalized spacial score (nSPS) is 13.6. The Kier molecular flexibility index (Phi) is 7.04. The zero-order chi connectivity index (χ0) is 22.5. The average Bonchev–Trinajstić information content (AvgIpc) is 3.20. The molecule has 0 bridgehead atoms. The number of rotatable bonds is 6. The molecule has 0 unspecified atom stereocenters. The Labute approximate surface area is 194 Å². The summed E-state index contributed by atoms with van der Waals surface area (Å²) in [7, 11) is 0. The van der Waals surface area contributed by atoms with Crippen molar-refractivity contribution in [3.05, 3.63) is 74.7 Å². The van der Waals surface area contributed by atoms with Crippen LogP contribution in [-0.2, 0) is 11.3 Å². The number of aryl methyl sites for hydroxylation is 1. The molecule has 0 aliphatic carbocycles. The van der Waals surface area contributed by atoms with E-state index in [1.165, 1.54) is 11.3 Å². The van der Waals surface area contributed by atoms with E-state index in [9.17, 15) is 9.59 Å². The number of nitrogens with zero attached hydrogens (tertiary/aromatic N) is 2. The van der Waals surface area contributed by atoms with Gasteiger partial charge in [0.15, 0.2) is 0 Å². The predicted molar refractivity (Wildman–Crippen MR) is 124 cm³/mol. The third-order valence-electron chi connectivity index (χ3n) is 4.93. The van der Waals surface area contributed by atoms with Crippen LogP contribution in [0.3, 0.4) is 0 Å². The lowest BCUT2D eigenvalue weighted by Crippen LogP contribution is -2.41. The molecular weight excluding hydrogens is 450 g/mol. The van der Waals surface area contributed by atoms with Crippen LogP contribution in [0.15, 0.2) is 48.5 Å². The number of carbonyl (C=O) groups is 2. The Bertz CT molecular complexity index is 1110. The van der Waals surface area contributed by atoms with E-state index in [1.807, 2.05) is 0 Å². The number of anilines is 1. The minimum atomic E-state index is -0.306. The Balaban J connectivity index is 1.45. The van der Waals surface area contributed by atoms with Gasteiger partial charge in [0.25, 0.3) is 11.8 Å². The fraction of sp³-hybridized carbons (Fsp3) is 0.261. The smallest absolute Gasteiger partial charge is 0.267 e. The van der Waals surface area contributed by atoms with Crippen molar-refractivity contribution in [3.63, 3.8) is 0 Å². The topological polar surface area (TPSA) is 80.8 Å². The van der Waals surface area contributed by atoms with Crippen molar-refractivity contribution in [3.8, 4) is 5.75 Å². The molecule has 0 atom stereocenters. The van der Waals surface area contributed by atoms with Crippen molar-refractivity contribution in [2.45, 2.75) is 13.5 Å². The van der Waals surface area contributed by atoms with Crippen LogP contribution in [0.25, 0.3) is 0 Å². The lowest BCUT2D eigenvalue weighted by atomic mass is 10.1. The molecule has 0 radical (unpaired) electrons. The highest BCUT2D eigenvalue weighted by molar-refractivity contribution is 7.13. The Hall–Kier alpha value is -2.94. The zero-order valence-electron chi connectivity index (χ0n) is 17.5. The van der Waals surface area contributed by atoms with Crippen LogP contribution in [0.5, 0.6) is 5.75 Å². The van der Waals surface area contributed by atoms with Gasteiger partial charge in [0.05, 0.1) is 30.2 Å². The van der Waals surface area contributed by atoms with E-state index in [2.05, 4.69) is 10.3 Å². The van der Waals surface area contributed by atoms with E-state index in [4.69, 9.17) is 21.1 Å². The number of para-hydroxylation sites is 1. The number of hydrogen-bond acceptors (Lipinski definition) is 6. The number of benzene rings is 2. The van der Waals surface area contributed by atoms with Gasteiger partial charge in [-0.15, -0.1) is 11.3 Å². The van der Waals surface area contributed by atoms with Gasteiger partial charge in [0.1, 0.15) is 22.2 Å². The first-order valence-electron chi connectivity index (χ1n) is 10.1. The molecule has 2 heterocycles. The standard InChI is InChI=1S/C23H22ClN3O4S/c1-15-21(32-20(25-15)14-31-17-8-6-16(24)7-9-17)22(28)26-19-5-3-2-4-18(19)23(29)27-10-12-30-13-11-27/h2-9H,10-14H2,1H3,(H,26,28). The summed E-state index contributed by atoms with van der Waals surface area (Å²) in [5.74, 6) is 0.242. The Morgan fingerprint density at radius 3 is 2.62 bits per heavy atom. The van der Waals surface area contributed by atoms with Gasteiger partial charge < -0.3 is 19.7 Å². The largest absolute Gasteiger partial charge is 0.486 e. The second-order valence-electron chi connectivity index (χ2n) is 7.17. The Morgan fingerprint density at radius 2 is 1.88 bits per heavy atom. The summed E-state index contributed by atoms with van der Waals surface area (Å²) in [5, 5.41) is 4.19. The number of morpholine rings is 1. The highest BCUT2D eigenvalue weighted by atomic mass is 35.5. The lowest BCUT2D eigenvalue weighted by molar-refractivity contribution is 0.0303. The van der Waals surface area contributed by atoms with Gasteiger partial charge >= 0.3 is 0 Å². The molecule has 0 spiro atoms. The van der Waals surface area contributed by atoms with E-state index < -0.39 is 0 Å². The number of carbonyl (C=O) groups excluding carboxylic acids is 2. The zero-order valence-corrected chi connectivity index (χ0v) is 19.0. The minimum Gasteiger partial charge on any atom is -0.486 e. The van der Waals surface area contributed by atoms with Gasteiger partial charge in [-0.3, -0.25) is 9.59 Å². The molecule has 1 fully saturated rings. The molecule has 2 aromatic carbocycles. The minimum absolute atomic E-state index is 0.123. The van der Waals surface area contributed by atoms with Gasteiger partial charge in [-0.25, -0.2) is 4.98 Å². The van der Waals surface area contributed by atoms with Gasteiger partial charge in [0, 0.05) is 18.1 Å². The molecule has 1 saturated heterocycles. The summed E-state index contributed by atoms with van der Waals surface area (Å²) in [4.78, 5) is 32.6. The molecular formula is C23H22ClN3O4S. The number of amides is 2. The summed E-state index contributed by atoms with van der Waals surface area (Å²) in [5.41, 5.74) is 1.54. The maximum atomic E-state index is 13.0. The molecule has 1 aliphatic heterocycles. The quantitative estimate of drug-likeness (QED) is 0.576. The van der Waals surface area contributed by atoms with Crippen LogP contribution in [-0.4, -0.2) is 48.0 Å². The number of aromatic nitrogens is 1. The fourth-order valence-corrected chi connectivity index (χ4v) is 4.29. The molecule has 32 heavy (non-hydrogen) atoms. The van der Waals surface area contributed by atoms with E-state index >= 15 is 0 Å². The van der Waals surface area contributed by atoms with Crippen molar-refractivity contribution >= 4 is 40.4 Å². The fourth-order valence-electron chi connectivity index (χ4n) is 3.30. The number of ether oxygens (including phenoxy) is 2. The lowest BCUT2D eigenvalue weighted by Gasteiger charge is -2.27. The Morgan fingerprint density at radius 1 is 1.16 bits per heavy atom. The number of hydrogen-bond donors (Lipinski definition) is 1. The second kappa shape index (κ2) is 10.1. The summed E-state index contributed by atoms with van der Waals surface area (Å²) in [6.45, 7) is 4.12. The van der Waals surface area contributed by atoms with Crippen LogP contribution in [0.2, 0.25) is 5.02 Å². The predicted octanol–water partition coefficient (Wildman–Crippen LogP) is 4.41. The molecule has 0 saturated carbocycles. The third-order valence-corrected chi connectivity index (χ3v) is 6.31. The van der Waals surface area contributed by atoms with Crippen LogP contribution in [0.1, 0.15) is 30.7 Å². The summed E-state index contributed by atoms with van der Waals surface area (Å²) in [6.07, 6.45) is 0. The molecule has 4 rings (SSSR count). The second-order valence-corrected chi connectivity index (χ2v) is 8.69. The van der Waals surface area contributed by atoms with Crippen molar-refractivity contribution in [2.24, 2.45) is 0 Å². The highest BCUT2D eigenvalue weighted by Crippen LogP contribution is 2.24. The molecule has 166 valence electrons. The summed E-state index contributed by atoms with van der Waals surface area (Å²) >= 11 is 7.15. The van der Waals surface area contributed by atoms with Gasteiger partial charge in [0.2, 0.25) is 0 Å². The van der Waals surface area contributed by atoms with E-state index in [1.54, 1.807) is 60.4 Å². The maximum Gasteiger partial charge on any atom is 0.267 e. The van der Waals surface area contributed by atoms with Crippen molar-refractivity contribution in [1.29, 1.82) is 0 Å². The van der Waals surface area contributed by atoms with E-state index in [0.717, 1.165) is 0 Å². The van der Waals surface area contributed by atoms with E-state index in [0.29, 0.717) is 63.9 Å². The molecule has 1 N–H and O–H groups in total. The molecule has 7 nitrogen and oxygen atoms in total. The van der Waals surface area contributed by atoms with Crippen molar-refractivity contribution in [1.82, 2.24) is 9.88 Å². The first-order valence-corrected chi connectivity index (χ1v) is 11.3. The monoisotopic (exact) mass is 471 g/mol. The summed E-state index contributed by atoms with van der Waals surface area (Å²) in [6, 6.07) is 14.1.